The number of rotatable bonds is 5. The summed E-state index contributed by atoms with van der Waals surface area (Å²) in [5.41, 5.74) is 0.351. The van der Waals surface area contributed by atoms with E-state index >= 15 is 0 Å². The minimum atomic E-state index is -0.548. The molecule has 1 aromatic rings. The molecule has 1 heterocycles. The SMILES string of the molecule is N#CN=C(NCCN1CCCCC1)Nc1ccc([N+](=O)[O-])c(Cl)c1. The van der Waals surface area contributed by atoms with E-state index < -0.39 is 4.92 Å². The third-order valence-electron chi connectivity index (χ3n) is 3.74. The fourth-order valence-corrected chi connectivity index (χ4v) is 2.80. The van der Waals surface area contributed by atoms with Crippen molar-refractivity contribution in [3.8, 4) is 6.19 Å². The highest BCUT2D eigenvalue weighted by molar-refractivity contribution is 6.33. The number of hydrogen-bond donors (Lipinski definition) is 2. The van der Waals surface area contributed by atoms with Crippen LogP contribution in [0.3, 0.4) is 0 Å². The lowest BCUT2D eigenvalue weighted by Crippen LogP contribution is -2.39. The number of likely N-dealkylation sites (tertiary alicyclic amines) is 1. The lowest BCUT2D eigenvalue weighted by Gasteiger charge is -2.26. The molecule has 9 heteroatoms. The summed E-state index contributed by atoms with van der Waals surface area (Å²) in [4.78, 5) is 16.3. The third-order valence-corrected chi connectivity index (χ3v) is 4.04. The van der Waals surface area contributed by atoms with Crippen LogP contribution in [0, 0.1) is 21.6 Å². The summed E-state index contributed by atoms with van der Waals surface area (Å²) in [6, 6.07) is 4.25. The van der Waals surface area contributed by atoms with Crippen molar-refractivity contribution in [2.45, 2.75) is 19.3 Å². The first kappa shape index (κ1) is 18.0. The van der Waals surface area contributed by atoms with Gasteiger partial charge in [0.2, 0.25) is 12.2 Å². The van der Waals surface area contributed by atoms with Crippen LogP contribution in [0.25, 0.3) is 0 Å². The lowest BCUT2D eigenvalue weighted by molar-refractivity contribution is -0.384. The summed E-state index contributed by atoms with van der Waals surface area (Å²) < 4.78 is 0. The highest BCUT2D eigenvalue weighted by Crippen LogP contribution is 2.27. The molecule has 0 bridgehead atoms. The average molecular weight is 351 g/mol. The van der Waals surface area contributed by atoms with E-state index in [1.54, 1.807) is 6.19 Å². The Labute approximate surface area is 145 Å². The van der Waals surface area contributed by atoms with Gasteiger partial charge >= 0.3 is 0 Å². The Morgan fingerprint density at radius 2 is 2.17 bits per heavy atom. The minimum absolute atomic E-state index is 0.0228. The van der Waals surface area contributed by atoms with Crippen LogP contribution >= 0.6 is 11.6 Å². The van der Waals surface area contributed by atoms with Crippen LogP contribution in [0.15, 0.2) is 23.2 Å². The van der Waals surface area contributed by atoms with Gasteiger partial charge in [0, 0.05) is 24.8 Å². The molecule has 8 nitrogen and oxygen atoms in total. The lowest BCUT2D eigenvalue weighted by atomic mass is 10.1. The Morgan fingerprint density at radius 3 is 2.79 bits per heavy atom. The standard InChI is InChI=1S/C15H19ClN6O2/c16-13-10-12(4-5-14(13)22(23)24)20-15(19-11-17)18-6-9-21-7-2-1-3-8-21/h4-5,10H,1-3,6-9H2,(H2,18,19,20). The number of anilines is 1. The summed E-state index contributed by atoms with van der Waals surface area (Å²) in [7, 11) is 0. The van der Waals surface area contributed by atoms with Gasteiger partial charge < -0.3 is 15.5 Å². The number of guanidine groups is 1. The highest BCUT2D eigenvalue weighted by Gasteiger charge is 2.13. The zero-order chi connectivity index (χ0) is 17.4. The van der Waals surface area contributed by atoms with Gasteiger partial charge in [-0.05, 0) is 38.1 Å². The predicted octanol–water partition coefficient (Wildman–Crippen LogP) is 2.57. The maximum absolute atomic E-state index is 10.8. The molecular weight excluding hydrogens is 332 g/mol. The molecule has 0 aromatic heterocycles. The van der Waals surface area contributed by atoms with E-state index in [2.05, 4.69) is 20.5 Å². The van der Waals surface area contributed by atoms with E-state index in [0.29, 0.717) is 18.2 Å². The zero-order valence-corrected chi connectivity index (χ0v) is 13.9. The second kappa shape index (κ2) is 9.05. The topological polar surface area (TPSA) is 107 Å². The van der Waals surface area contributed by atoms with E-state index in [0.717, 1.165) is 19.6 Å². The predicted molar refractivity (Wildman–Crippen MR) is 93.1 cm³/mol. The molecule has 0 amide bonds. The highest BCUT2D eigenvalue weighted by atomic mass is 35.5. The van der Waals surface area contributed by atoms with Crippen LogP contribution in [0.5, 0.6) is 0 Å². The number of nitriles is 1. The van der Waals surface area contributed by atoms with Crippen molar-refractivity contribution < 1.29 is 4.92 Å². The number of aliphatic imine (C=N–C) groups is 1. The molecule has 0 aliphatic carbocycles. The molecule has 1 aliphatic heterocycles. The fraction of sp³-hybridized carbons (Fsp3) is 0.467. The number of nitro benzene ring substituents is 1. The largest absolute Gasteiger partial charge is 0.354 e. The minimum Gasteiger partial charge on any atom is -0.354 e. The first-order chi connectivity index (χ1) is 11.6. The van der Waals surface area contributed by atoms with Gasteiger partial charge in [-0.25, -0.2) is 0 Å². The van der Waals surface area contributed by atoms with Gasteiger partial charge in [-0.15, -0.1) is 4.99 Å². The van der Waals surface area contributed by atoms with Gasteiger partial charge in [-0.3, -0.25) is 10.1 Å². The molecular formula is C15H19ClN6O2. The number of nitro groups is 1. The van der Waals surface area contributed by atoms with Gasteiger partial charge in [0.15, 0.2) is 0 Å². The molecule has 0 saturated carbocycles. The van der Waals surface area contributed by atoms with Crippen molar-refractivity contribution in [3.05, 3.63) is 33.3 Å². The van der Waals surface area contributed by atoms with Crippen molar-refractivity contribution in [1.82, 2.24) is 10.2 Å². The molecule has 1 aromatic carbocycles. The molecule has 0 radical (unpaired) electrons. The molecule has 2 rings (SSSR count). The zero-order valence-electron chi connectivity index (χ0n) is 13.2. The molecule has 0 unspecified atom stereocenters. The maximum atomic E-state index is 10.8. The first-order valence-corrected chi connectivity index (χ1v) is 8.12. The van der Waals surface area contributed by atoms with Crippen LogP contribution in [0.4, 0.5) is 11.4 Å². The monoisotopic (exact) mass is 350 g/mol. The van der Waals surface area contributed by atoms with Crippen molar-refractivity contribution >= 4 is 28.9 Å². The third kappa shape index (κ3) is 5.37. The molecule has 2 N–H and O–H groups in total. The van der Waals surface area contributed by atoms with Gasteiger partial charge in [-0.2, -0.15) is 5.26 Å². The van der Waals surface area contributed by atoms with E-state index in [4.69, 9.17) is 16.9 Å². The molecule has 1 saturated heterocycles. The number of hydrogen-bond acceptors (Lipinski definition) is 5. The van der Waals surface area contributed by atoms with Crippen molar-refractivity contribution in [2.75, 3.05) is 31.5 Å². The second-order valence-corrected chi connectivity index (χ2v) is 5.84. The van der Waals surface area contributed by atoms with E-state index in [-0.39, 0.29) is 10.7 Å². The number of benzene rings is 1. The fourth-order valence-electron chi connectivity index (χ4n) is 2.55. The Balaban J connectivity index is 1.91. The Morgan fingerprint density at radius 1 is 1.42 bits per heavy atom. The maximum Gasteiger partial charge on any atom is 0.288 e. The Bertz CT molecular complexity index is 652. The number of halogens is 1. The van der Waals surface area contributed by atoms with Crippen LogP contribution < -0.4 is 10.6 Å². The quantitative estimate of drug-likeness (QED) is 0.278. The van der Waals surface area contributed by atoms with Crippen LogP contribution in [-0.2, 0) is 0 Å². The summed E-state index contributed by atoms with van der Waals surface area (Å²) in [6.07, 6.45) is 5.46. The van der Waals surface area contributed by atoms with Gasteiger partial charge in [0.25, 0.3) is 5.69 Å². The van der Waals surface area contributed by atoms with E-state index in [1.807, 2.05) is 0 Å². The smallest absolute Gasteiger partial charge is 0.288 e. The molecule has 24 heavy (non-hydrogen) atoms. The number of nitrogens with zero attached hydrogens (tertiary/aromatic N) is 4. The van der Waals surface area contributed by atoms with Gasteiger partial charge in [0.1, 0.15) is 5.02 Å². The number of nitrogens with one attached hydrogen (secondary N) is 2. The molecule has 1 aliphatic rings. The van der Waals surface area contributed by atoms with Crippen molar-refractivity contribution in [1.29, 1.82) is 5.26 Å². The Kier molecular flexibility index (Phi) is 6.78. The molecule has 128 valence electrons. The molecule has 1 fully saturated rings. The van der Waals surface area contributed by atoms with Crippen molar-refractivity contribution in [2.24, 2.45) is 4.99 Å². The Hall–Kier alpha value is -2.37. The van der Waals surface area contributed by atoms with Crippen LogP contribution in [0.1, 0.15) is 19.3 Å². The molecule has 0 spiro atoms. The first-order valence-electron chi connectivity index (χ1n) is 7.74. The van der Waals surface area contributed by atoms with E-state index in [9.17, 15) is 10.1 Å². The average Bonchev–Trinajstić information content (AvgIpc) is 2.55. The summed E-state index contributed by atoms with van der Waals surface area (Å²) in [5, 5.41) is 25.6. The van der Waals surface area contributed by atoms with Crippen molar-refractivity contribution in [3.63, 3.8) is 0 Å². The van der Waals surface area contributed by atoms with Gasteiger partial charge in [0.05, 0.1) is 4.92 Å². The van der Waals surface area contributed by atoms with Gasteiger partial charge in [-0.1, -0.05) is 18.0 Å². The van der Waals surface area contributed by atoms with E-state index in [1.165, 1.54) is 37.5 Å². The molecule has 0 atom stereocenters. The summed E-state index contributed by atoms with van der Waals surface area (Å²) in [6.45, 7) is 3.71. The van der Waals surface area contributed by atoms with Crippen LogP contribution in [0.2, 0.25) is 5.02 Å². The van der Waals surface area contributed by atoms with Crippen LogP contribution in [-0.4, -0.2) is 42.0 Å². The number of piperidine rings is 1. The summed E-state index contributed by atoms with van der Waals surface area (Å²) in [5.74, 6) is 0.291. The summed E-state index contributed by atoms with van der Waals surface area (Å²) >= 11 is 5.88. The second-order valence-electron chi connectivity index (χ2n) is 5.44. The normalized spacial score (nSPS) is 15.6.